The molecule has 0 saturated heterocycles. The van der Waals surface area contributed by atoms with Gasteiger partial charge in [-0.3, -0.25) is 4.79 Å². The molecule has 0 atom stereocenters. The van der Waals surface area contributed by atoms with Crippen LogP contribution in [-0.4, -0.2) is 16.7 Å². The van der Waals surface area contributed by atoms with E-state index < -0.39 is 0 Å². The zero-order valence-corrected chi connectivity index (χ0v) is 13.1. The largest absolute Gasteiger partial charge is 0.362 e. The highest BCUT2D eigenvalue weighted by molar-refractivity contribution is 5.55. The summed E-state index contributed by atoms with van der Waals surface area (Å²) >= 11 is 0. The van der Waals surface area contributed by atoms with Gasteiger partial charge in [0.1, 0.15) is 5.69 Å². The molecule has 0 N–H and O–H groups in total. The van der Waals surface area contributed by atoms with Crippen molar-refractivity contribution in [1.82, 2.24) is 4.57 Å². The van der Waals surface area contributed by atoms with Crippen molar-refractivity contribution in [2.24, 2.45) is 0 Å². The van der Waals surface area contributed by atoms with Crippen molar-refractivity contribution < 1.29 is 0 Å². The molecule has 1 aromatic heterocycles. The molecule has 19 heavy (non-hydrogen) atoms. The van der Waals surface area contributed by atoms with Crippen molar-refractivity contribution in [3.8, 4) is 0 Å². The second-order valence-electron chi connectivity index (χ2n) is 7.46. The summed E-state index contributed by atoms with van der Waals surface area (Å²) < 4.78 is 1.86. The molecule has 106 valence electrons. The van der Waals surface area contributed by atoms with Gasteiger partial charge in [-0.25, -0.2) is 0 Å². The van der Waals surface area contributed by atoms with Gasteiger partial charge in [-0.15, -0.1) is 0 Å². The lowest BCUT2D eigenvalue weighted by Crippen LogP contribution is -2.49. The van der Waals surface area contributed by atoms with Crippen LogP contribution < -0.4 is 10.5 Å². The van der Waals surface area contributed by atoms with Gasteiger partial charge >= 0.3 is 0 Å². The highest BCUT2D eigenvalue weighted by Gasteiger charge is 2.30. The molecule has 0 fully saturated rings. The number of anilines is 1. The summed E-state index contributed by atoms with van der Waals surface area (Å²) in [6.07, 6.45) is 4.10. The zero-order chi connectivity index (χ0) is 14.4. The first-order chi connectivity index (χ1) is 8.62. The fraction of sp³-hybridized carbons (Fsp3) is 0.688. The maximum atomic E-state index is 12.8. The van der Waals surface area contributed by atoms with Crippen molar-refractivity contribution in [2.75, 3.05) is 11.4 Å². The topological polar surface area (TPSA) is 25.2 Å². The molecule has 0 aromatic carbocycles. The molecular weight excluding hydrogens is 236 g/mol. The molecule has 1 aliphatic heterocycles. The third kappa shape index (κ3) is 2.56. The second-order valence-corrected chi connectivity index (χ2v) is 7.46. The summed E-state index contributed by atoms with van der Waals surface area (Å²) in [5, 5.41) is 0. The lowest BCUT2D eigenvalue weighted by Gasteiger charge is -2.41. The van der Waals surface area contributed by atoms with Crippen LogP contribution in [0.5, 0.6) is 0 Å². The van der Waals surface area contributed by atoms with E-state index in [1.807, 2.05) is 10.8 Å². The Morgan fingerprint density at radius 3 is 2.21 bits per heavy atom. The summed E-state index contributed by atoms with van der Waals surface area (Å²) in [4.78, 5) is 15.1. The molecular formula is C16H26N2O. The maximum Gasteiger partial charge on any atom is 0.274 e. The summed E-state index contributed by atoms with van der Waals surface area (Å²) in [7, 11) is 0. The third-order valence-corrected chi connectivity index (χ3v) is 3.78. The van der Waals surface area contributed by atoms with E-state index in [1.54, 1.807) is 0 Å². The Kier molecular flexibility index (Phi) is 3.28. The molecule has 3 heteroatoms. The minimum absolute atomic E-state index is 0.00853. The first-order valence-electron chi connectivity index (χ1n) is 7.15. The Labute approximate surface area is 116 Å². The van der Waals surface area contributed by atoms with Crippen molar-refractivity contribution in [2.45, 2.75) is 65.5 Å². The molecule has 0 unspecified atom stereocenters. The number of fused-ring (bicyclic) bond motifs is 1. The highest BCUT2D eigenvalue weighted by Crippen LogP contribution is 2.30. The number of hydrogen-bond acceptors (Lipinski definition) is 2. The van der Waals surface area contributed by atoms with E-state index in [0.717, 1.165) is 25.1 Å². The number of rotatable bonds is 0. The average Bonchev–Trinajstić information content (AvgIpc) is 2.25. The summed E-state index contributed by atoms with van der Waals surface area (Å²) in [5.74, 6) is 0. The zero-order valence-electron chi connectivity index (χ0n) is 13.1. The highest BCUT2D eigenvalue weighted by atomic mass is 16.1. The molecule has 3 nitrogen and oxygen atoms in total. The molecule has 2 rings (SSSR count). The SMILES string of the molecule is CC(C)(C)N1CCCc2ccn(C(C)(C)C)c(=O)c21. The van der Waals surface area contributed by atoms with Gasteiger partial charge in [0.05, 0.1) is 0 Å². The lowest BCUT2D eigenvalue weighted by molar-refractivity contribution is 0.379. The Morgan fingerprint density at radius 1 is 1.05 bits per heavy atom. The molecule has 0 saturated carbocycles. The molecule has 0 radical (unpaired) electrons. The fourth-order valence-electron chi connectivity index (χ4n) is 2.79. The number of nitrogens with zero attached hydrogens (tertiary/aromatic N) is 2. The first-order valence-corrected chi connectivity index (χ1v) is 7.15. The quantitative estimate of drug-likeness (QED) is 0.717. The van der Waals surface area contributed by atoms with E-state index in [2.05, 4.69) is 52.5 Å². The van der Waals surface area contributed by atoms with Gasteiger partial charge in [-0.2, -0.15) is 0 Å². The predicted molar refractivity (Wildman–Crippen MR) is 81.1 cm³/mol. The van der Waals surface area contributed by atoms with Crippen molar-refractivity contribution >= 4 is 5.69 Å². The Morgan fingerprint density at radius 2 is 1.68 bits per heavy atom. The lowest BCUT2D eigenvalue weighted by atomic mass is 9.96. The summed E-state index contributed by atoms with van der Waals surface area (Å²) in [6.45, 7) is 13.7. The normalized spacial score (nSPS) is 16.4. The summed E-state index contributed by atoms with van der Waals surface area (Å²) in [5.41, 5.74) is 2.08. The monoisotopic (exact) mass is 262 g/mol. The summed E-state index contributed by atoms with van der Waals surface area (Å²) in [6, 6.07) is 2.12. The van der Waals surface area contributed by atoms with Crippen LogP contribution in [0.15, 0.2) is 17.1 Å². The first kappa shape index (κ1) is 14.2. The van der Waals surface area contributed by atoms with E-state index in [1.165, 1.54) is 5.56 Å². The molecule has 0 bridgehead atoms. The molecule has 0 amide bonds. The van der Waals surface area contributed by atoms with Crippen LogP contribution in [-0.2, 0) is 12.0 Å². The van der Waals surface area contributed by atoms with E-state index in [4.69, 9.17) is 0 Å². The Balaban J connectivity index is 2.65. The van der Waals surface area contributed by atoms with Gasteiger partial charge in [0, 0.05) is 23.8 Å². The molecule has 2 heterocycles. The molecule has 1 aliphatic rings. The van der Waals surface area contributed by atoms with Crippen molar-refractivity contribution in [3.63, 3.8) is 0 Å². The molecule has 0 spiro atoms. The van der Waals surface area contributed by atoms with Crippen molar-refractivity contribution in [3.05, 3.63) is 28.2 Å². The molecule has 1 aromatic rings. The standard InChI is InChI=1S/C16H26N2O/c1-15(2,3)17-10-7-8-12-9-11-18(16(4,5)6)14(19)13(12)17/h9,11H,7-8,10H2,1-6H3. The van der Waals surface area contributed by atoms with Crippen LogP contribution in [0.2, 0.25) is 0 Å². The van der Waals surface area contributed by atoms with E-state index >= 15 is 0 Å². The minimum Gasteiger partial charge on any atom is -0.362 e. The van der Waals surface area contributed by atoms with Gasteiger partial charge in [-0.05, 0) is 66.0 Å². The van der Waals surface area contributed by atoms with Gasteiger partial charge in [0.2, 0.25) is 0 Å². The van der Waals surface area contributed by atoms with Crippen LogP contribution in [0.3, 0.4) is 0 Å². The number of aromatic nitrogens is 1. The van der Waals surface area contributed by atoms with E-state index in [9.17, 15) is 4.79 Å². The Hall–Kier alpha value is -1.25. The third-order valence-electron chi connectivity index (χ3n) is 3.78. The van der Waals surface area contributed by atoms with Crippen LogP contribution in [0, 0.1) is 0 Å². The average molecular weight is 262 g/mol. The number of hydrogen-bond donors (Lipinski definition) is 0. The minimum atomic E-state index is -0.173. The van der Waals surface area contributed by atoms with Crippen LogP contribution in [0.25, 0.3) is 0 Å². The number of pyridine rings is 1. The second kappa shape index (κ2) is 4.39. The van der Waals surface area contributed by atoms with Gasteiger partial charge in [-0.1, -0.05) is 0 Å². The van der Waals surface area contributed by atoms with Crippen LogP contribution in [0.1, 0.15) is 53.5 Å². The maximum absolute atomic E-state index is 12.8. The Bertz CT molecular complexity index is 529. The van der Waals surface area contributed by atoms with Gasteiger partial charge in [0.15, 0.2) is 0 Å². The van der Waals surface area contributed by atoms with Crippen LogP contribution in [0.4, 0.5) is 5.69 Å². The fourth-order valence-corrected chi connectivity index (χ4v) is 2.79. The predicted octanol–water partition coefficient (Wildman–Crippen LogP) is 3.15. The van der Waals surface area contributed by atoms with Crippen molar-refractivity contribution in [1.29, 1.82) is 0 Å². The van der Waals surface area contributed by atoms with Gasteiger partial charge < -0.3 is 9.47 Å². The van der Waals surface area contributed by atoms with Gasteiger partial charge in [0.25, 0.3) is 5.56 Å². The smallest absolute Gasteiger partial charge is 0.274 e. The molecule has 0 aliphatic carbocycles. The van der Waals surface area contributed by atoms with Crippen LogP contribution >= 0.6 is 0 Å². The number of aryl methyl sites for hydroxylation is 1. The van der Waals surface area contributed by atoms with E-state index in [-0.39, 0.29) is 16.6 Å². The van der Waals surface area contributed by atoms with E-state index in [0.29, 0.717) is 0 Å².